The third-order valence-electron chi connectivity index (χ3n) is 4.72. The molecule has 0 saturated carbocycles. The zero-order valence-electron chi connectivity index (χ0n) is 15.4. The lowest BCUT2D eigenvalue weighted by Crippen LogP contribution is -2.45. The zero-order chi connectivity index (χ0) is 19.3. The molecule has 156 valence electrons. The van der Waals surface area contributed by atoms with Gasteiger partial charge in [-0.1, -0.05) is 12.1 Å². The molecule has 2 N–H and O–H groups in total. The number of nitrogens with zero attached hydrogens (tertiary/aromatic N) is 2. The molecule has 0 spiro atoms. The fraction of sp³-hybridized carbons (Fsp3) is 0.588. The van der Waals surface area contributed by atoms with Crippen molar-refractivity contribution in [2.75, 3.05) is 31.3 Å². The molecular weight excluding hydrogens is 499 g/mol. The van der Waals surface area contributed by atoms with Gasteiger partial charge in [-0.2, -0.15) is 0 Å². The van der Waals surface area contributed by atoms with Crippen LogP contribution in [-0.2, 0) is 21.1 Å². The maximum atomic E-state index is 11.7. The summed E-state index contributed by atoms with van der Waals surface area (Å²) < 4.78 is 28.7. The van der Waals surface area contributed by atoms with Crippen molar-refractivity contribution in [2.24, 2.45) is 10.9 Å². The van der Waals surface area contributed by atoms with Crippen LogP contribution in [0.4, 0.5) is 5.69 Å². The van der Waals surface area contributed by atoms with Crippen molar-refractivity contribution in [3.8, 4) is 0 Å². The van der Waals surface area contributed by atoms with Gasteiger partial charge >= 0.3 is 0 Å². The topological polar surface area (TPSA) is 123 Å². The van der Waals surface area contributed by atoms with E-state index in [0.717, 1.165) is 18.6 Å². The molecule has 1 aromatic rings. The molecule has 2 fully saturated rings. The Hall–Kier alpha value is -1.47. The van der Waals surface area contributed by atoms with Gasteiger partial charge in [-0.25, -0.2) is 13.4 Å². The molecule has 2 unspecified atom stereocenters. The van der Waals surface area contributed by atoms with Crippen LogP contribution in [0.25, 0.3) is 0 Å². The summed E-state index contributed by atoms with van der Waals surface area (Å²) in [5.74, 6) is 1.26. The first-order valence-electron chi connectivity index (χ1n) is 8.98. The Morgan fingerprint density at radius 1 is 1.29 bits per heavy atom. The fourth-order valence-corrected chi connectivity index (χ4v) is 4.81. The molecule has 0 amide bonds. The molecule has 0 bridgehead atoms. The molecule has 3 rings (SSSR count). The molecule has 11 heteroatoms. The number of non-ortho nitro benzene ring substituents is 1. The normalized spacial score (nSPS) is 23.8. The van der Waals surface area contributed by atoms with E-state index in [1.165, 1.54) is 12.1 Å². The number of halogens is 1. The quantitative estimate of drug-likeness (QED) is 0.190. The van der Waals surface area contributed by atoms with E-state index in [2.05, 4.69) is 15.6 Å². The van der Waals surface area contributed by atoms with Gasteiger partial charge in [0.1, 0.15) is 0 Å². The first-order valence-corrected chi connectivity index (χ1v) is 10.8. The highest BCUT2D eigenvalue weighted by molar-refractivity contribution is 14.0. The van der Waals surface area contributed by atoms with Crippen LogP contribution in [-0.4, -0.2) is 56.6 Å². The highest BCUT2D eigenvalue weighted by Gasteiger charge is 2.28. The van der Waals surface area contributed by atoms with E-state index in [-0.39, 0.29) is 47.2 Å². The van der Waals surface area contributed by atoms with E-state index in [1.54, 1.807) is 12.1 Å². The number of hydrogen-bond acceptors (Lipinski definition) is 6. The Morgan fingerprint density at radius 2 is 2.04 bits per heavy atom. The minimum absolute atomic E-state index is 0. The fourth-order valence-electron chi connectivity index (χ4n) is 3.13. The number of sulfone groups is 1. The Labute approximate surface area is 181 Å². The Kier molecular flexibility index (Phi) is 8.43. The van der Waals surface area contributed by atoms with E-state index < -0.39 is 14.8 Å². The second-order valence-electron chi connectivity index (χ2n) is 6.94. The number of ether oxygens (including phenoxy) is 1. The van der Waals surface area contributed by atoms with Gasteiger partial charge in [0.2, 0.25) is 0 Å². The van der Waals surface area contributed by atoms with Crippen LogP contribution < -0.4 is 10.6 Å². The standard InChI is InChI=1S/C17H24N4O5S.HI/c22-21(23)16-3-1-13(2-4-16)9-18-17(19-10-14-5-7-26-11-14)20-15-6-8-27(24,25)12-15;/h1-4,14-15H,5-12H2,(H2,18,19,20);1H. The molecule has 0 aromatic heterocycles. The summed E-state index contributed by atoms with van der Waals surface area (Å²) in [7, 11) is -2.98. The molecule has 2 aliphatic heterocycles. The van der Waals surface area contributed by atoms with Gasteiger partial charge in [0.05, 0.1) is 29.6 Å². The highest BCUT2D eigenvalue weighted by Crippen LogP contribution is 2.14. The summed E-state index contributed by atoms with van der Waals surface area (Å²) in [6.07, 6.45) is 1.55. The van der Waals surface area contributed by atoms with E-state index in [4.69, 9.17) is 4.74 Å². The van der Waals surface area contributed by atoms with Crippen molar-refractivity contribution in [1.29, 1.82) is 0 Å². The Bertz CT molecular complexity index is 794. The number of guanidine groups is 1. The van der Waals surface area contributed by atoms with E-state index in [0.29, 0.717) is 38.0 Å². The summed E-state index contributed by atoms with van der Waals surface area (Å²) >= 11 is 0. The first-order chi connectivity index (χ1) is 12.9. The van der Waals surface area contributed by atoms with Gasteiger partial charge < -0.3 is 15.4 Å². The van der Waals surface area contributed by atoms with Crippen LogP contribution in [0.3, 0.4) is 0 Å². The lowest BCUT2D eigenvalue weighted by molar-refractivity contribution is -0.384. The number of nitrogens with one attached hydrogen (secondary N) is 2. The second-order valence-corrected chi connectivity index (χ2v) is 9.17. The minimum atomic E-state index is -2.98. The monoisotopic (exact) mass is 524 g/mol. The predicted molar refractivity (Wildman–Crippen MR) is 117 cm³/mol. The lowest BCUT2D eigenvalue weighted by Gasteiger charge is -2.18. The minimum Gasteiger partial charge on any atom is -0.381 e. The number of benzene rings is 1. The molecule has 2 atom stereocenters. The SMILES string of the molecule is I.O=[N+]([O-])c1ccc(CN=C(NCC2CCOC2)NC2CCS(=O)(=O)C2)cc1. The first kappa shape index (κ1) is 22.8. The molecule has 0 radical (unpaired) electrons. The lowest BCUT2D eigenvalue weighted by atomic mass is 10.1. The smallest absolute Gasteiger partial charge is 0.269 e. The van der Waals surface area contributed by atoms with Gasteiger partial charge in [0, 0.05) is 37.2 Å². The van der Waals surface area contributed by atoms with Crippen LogP contribution >= 0.6 is 24.0 Å². The van der Waals surface area contributed by atoms with Crippen molar-refractivity contribution in [1.82, 2.24) is 10.6 Å². The van der Waals surface area contributed by atoms with Gasteiger partial charge in [0.25, 0.3) is 5.69 Å². The average Bonchev–Trinajstić information content (AvgIpc) is 3.27. The molecule has 2 aliphatic rings. The Morgan fingerprint density at radius 3 is 2.61 bits per heavy atom. The molecular formula is C17H25IN4O5S. The molecule has 2 saturated heterocycles. The van der Waals surface area contributed by atoms with Crippen LogP contribution in [0.5, 0.6) is 0 Å². The number of rotatable bonds is 6. The van der Waals surface area contributed by atoms with Crippen molar-refractivity contribution < 1.29 is 18.1 Å². The van der Waals surface area contributed by atoms with Crippen molar-refractivity contribution in [2.45, 2.75) is 25.4 Å². The van der Waals surface area contributed by atoms with E-state index in [1.807, 2.05) is 0 Å². The third kappa shape index (κ3) is 6.85. The average molecular weight is 524 g/mol. The van der Waals surface area contributed by atoms with Gasteiger partial charge in [-0.15, -0.1) is 24.0 Å². The van der Waals surface area contributed by atoms with E-state index >= 15 is 0 Å². The second kappa shape index (κ2) is 10.3. The van der Waals surface area contributed by atoms with Crippen LogP contribution in [0.15, 0.2) is 29.3 Å². The number of nitro benzene ring substituents is 1. The van der Waals surface area contributed by atoms with Crippen molar-refractivity contribution in [3.05, 3.63) is 39.9 Å². The molecule has 2 heterocycles. The van der Waals surface area contributed by atoms with Crippen LogP contribution in [0.1, 0.15) is 18.4 Å². The summed E-state index contributed by atoms with van der Waals surface area (Å²) in [6, 6.07) is 6.09. The number of aliphatic imine (C=N–C) groups is 1. The third-order valence-corrected chi connectivity index (χ3v) is 6.49. The van der Waals surface area contributed by atoms with Gasteiger partial charge in [-0.05, 0) is 18.4 Å². The summed E-state index contributed by atoms with van der Waals surface area (Å²) in [6.45, 7) is 2.51. The van der Waals surface area contributed by atoms with Crippen molar-refractivity contribution >= 4 is 45.5 Å². The van der Waals surface area contributed by atoms with Crippen LogP contribution in [0.2, 0.25) is 0 Å². The number of nitro groups is 1. The molecule has 0 aliphatic carbocycles. The molecule has 28 heavy (non-hydrogen) atoms. The van der Waals surface area contributed by atoms with Gasteiger partial charge in [0.15, 0.2) is 15.8 Å². The summed E-state index contributed by atoms with van der Waals surface area (Å²) in [5.41, 5.74) is 0.876. The number of hydrogen-bond donors (Lipinski definition) is 2. The zero-order valence-corrected chi connectivity index (χ0v) is 18.5. The maximum Gasteiger partial charge on any atom is 0.269 e. The Balaban J connectivity index is 0.00000280. The van der Waals surface area contributed by atoms with Crippen molar-refractivity contribution in [3.63, 3.8) is 0 Å². The largest absolute Gasteiger partial charge is 0.381 e. The molecule has 9 nitrogen and oxygen atoms in total. The highest BCUT2D eigenvalue weighted by atomic mass is 127. The summed E-state index contributed by atoms with van der Waals surface area (Å²) in [5, 5.41) is 17.2. The summed E-state index contributed by atoms with van der Waals surface area (Å²) in [4.78, 5) is 14.8. The maximum absolute atomic E-state index is 11.7. The predicted octanol–water partition coefficient (Wildman–Crippen LogP) is 1.47. The van der Waals surface area contributed by atoms with Gasteiger partial charge in [-0.3, -0.25) is 10.1 Å². The van der Waals surface area contributed by atoms with Crippen LogP contribution in [0, 0.1) is 16.0 Å². The molecule has 1 aromatic carbocycles. The van der Waals surface area contributed by atoms with E-state index in [9.17, 15) is 18.5 Å².